The number of carbonyl (C=O) groups is 1. The van der Waals surface area contributed by atoms with Crippen molar-refractivity contribution in [2.24, 2.45) is 0 Å². The van der Waals surface area contributed by atoms with Crippen molar-refractivity contribution in [2.75, 3.05) is 6.61 Å². The van der Waals surface area contributed by atoms with Crippen molar-refractivity contribution < 1.29 is 31.8 Å². The van der Waals surface area contributed by atoms with Gasteiger partial charge in [-0.2, -0.15) is 13.2 Å². The molecule has 164 valence electrons. The summed E-state index contributed by atoms with van der Waals surface area (Å²) in [5.41, 5.74) is -0.715. The second-order valence-corrected chi connectivity index (χ2v) is 6.83. The van der Waals surface area contributed by atoms with Crippen LogP contribution in [0.2, 0.25) is 5.02 Å². The highest BCUT2D eigenvalue weighted by molar-refractivity contribution is 6.31. The van der Waals surface area contributed by atoms with E-state index >= 15 is 0 Å². The van der Waals surface area contributed by atoms with Crippen molar-refractivity contribution in [3.8, 4) is 11.5 Å². The molecule has 0 bridgehead atoms. The van der Waals surface area contributed by atoms with Crippen LogP contribution in [0.1, 0.15) is 25.5 Å². The number of benzene rings is 2. The number of rotatable bonds is 6. The van der Waals surface area contributed by atoms with Crippen LogP contribution in [0.4, 0.5) is 17.6 Å². The molecule has 1 aromatic heterocycles. The number of ether oxygens (including phenoxy) is 2. The van der Waals surface area contributed by atoms with Gasteiger partial charge in [-0.15, -0.1) is 5.10 Å². The van der Waals surface area contributed by atoms with E-state index in [4.69, 9.17) is 21.1 Å². The second-order valence-electron chi connectivity index (χ2n) is 6.42. The first-order valence-electron chi connectivity index (χ1n) is 8.98. The second kappa shape index (κ2) is 8.93. The Bertz CT molecular complexity index is 1120. The van der Waals surface area contributed by atoms with Crippen LogP contribution in [0.25, 0.3) is 11.0 Å². The molecule has 0 saturated heterocycles. The SMILES string of the molecule is CC=CCOC(=O)C(C)n1nnc2ccc(Oc3cc(F)c(C(F)(F)F)c(Cl)c3)cc21. The van der Waals surface area contributed by atoms with Crippen molar-refractivity contribution in [1.29, 1.82) is 0 Å². The molecule has 0 radical (unpaired) electrons. The van der Waals surface area contributed by atoms with E-state index in [-0.39, 0.29) is 18.1 Å². The van der Waals surface area contributed by atoms with Gasteiger partial charge in [0.15, 0.2) is 0 Å². The lowest BCUT2D eigenvalue weighted by molar-refractivity contribution is -0.146. The third-order valence-electron chi connectivity index (χ3n) is 4.24. The van der Waals surface area contributed by atoms with Crippen LogP contribution in [0, 0.1) is 5.82 Å². The molecule has 6 nitrogen and oxygen atoms in total. The zero-order valence-corrected chi connectivity index (χ0v) is 17.0. The zero-order valence-electron chi connectivity index (χ0n) is 16.3. The maximum atomic E-state index is 13.9. The molecule has 11 heteroatoms. The van der Waals surface area contributed by atoms with E-state index in [9.17, 15) is 22.4 Å². The van der Waals surface area contributed by atoms with Crippen LogP contribution in [0.3, 0.4) is 0 Å². The summed E-state index contributed by atoms with van der Waals surface area (Å²) >= 11 is 5.60. The maximum absolute atomic E-state index is 13.9. The van der Waals surface area contributed by atoms with Gasteiger partial charge < -0.3 is 9.47 Å². The van der Waals surface area contributed by atoms with Gasteiger partial charge in [0.2, 0.25) is 0 Å². The predicted molar refractivity (Wildman–Crippen MR) is 104 cm³/mol. The molecule has 0 aliphatic heterocycles. The van der Waals surface area contributed by atoms with E-state index in [1.807, 2.05) is 0 Å². The number of halogens is 5. The van der Waals surface area contributed by atoms with Crippen LogP contribution in [0.5, 0.6) is 11.5 Å². The fourth-order valence-corrected chi connectivity index (χ4v) is 3.03. The molecule has 3 rings (SSSR count). The highest BCUT2D eigenvalue weighted by Crippen LogP contribution is 2.39. The molecule has 0 aliphatic rings. The van der Waals surface area contributed by atoms with Crippen molar-refractivity contribution in [1.82, 2.24) is 15.0 Å². The van der Waals surface area contributed by atoms with Crippen LogP contribution in [-0.4, -0.2) is 27.6 Å². The highest BCUT2D eigenvalue weighted by Gasteiger charge is 2.37. The monoisotopic (exact) mass is 457 g/mol. The number of hydrogen-bond donors (Lipinski definition) is 0. The van der Waals surface area contributed by atoms with Gasteiger partial charge in [-0.05, 0) is 26.0 Å². The van der Waals surface area contributed by atoms with Crippen molar-refractivity contribution >= 4 is 28.6 Å². The smallest absolute Gasteiger partial charge is 0.420 e. The first-order chi connectivity index (χ1) is 14.6. The molecule has 0 fully saturated rings. The molecule has 3 aromatic rings. The van der Waals surface area contributed by atoms with E-state index in [1.165, 1.54) is 22.9 Å². The van der Waals surface area contributed by atoms with Crippen molar-refractivity contribution in [3.63, 3.8) is 0 Å². The molecule has 0 spiro atoms. The fraction of sp³-hybridized carbons (Fsp3) is 0.250. The predicted octanol–water partition coefficient (Wildman–Crippen LogP) is 5.72. The van der Waals surface area contributed by atoms with E-state index in [2.05, 4.69) is 10.3 Å². The molecule has 2 aromatic carbocycles. The van der Waals surface area contributed by atoms with Crippen LogP contribution >= 0.6 is 11.6 Å². The molecular formula is C20H16ClF4N3O3. The van der Waals surface area contributed by atoms with Crippen molar-refractivity contribution in [3.05, 3.63) is 58.9 Å². The first kappa shape index (κ1) is 22.5. The number of allylic oxidation sites excluding steroid dienone is 1. The topological polar surface area (TPSA) is 66.2 Å². The van der Waals surface area contributed by atoms with Crippen LogP contribution in [-0.2, 0) is 15.7 Å². The third-order valence-corrected chi connectivity index (χ3v) is 4.54. The fourth-order valence-electron chi connectivity index (χ4n) is 2.73. The lowest BCUT2D eigenvalue weighted by Gasteiger charge is -2.13. The normalized spacial score (nSPS) is 13.0. The average Bonchev–Trinajstić information content (AvgIpc) is 3.09. The Morgan fingerprint density at radius 2 is 2.00 bits per heavy atom. The number of fused-ring (bicyclic) bond motifs is 1. The average molecular weight is 458 g/mol. The van der Waals surface area contributed by atoms with Crippen LogP contribution in [0.15, 0.2) is 42.5 Å². The molecule has 31 heavy (non-hydrogen) atoms. The quantitative estimate of drug-likeness (QED) is 0.269. The maximum Gasteiger partial charge on any atom is 0.420 e. The lowest BCUT2D eigenvalue weighted by Crippen LogP contribution is -2.20. The highest BCUT2D eigenvalue weighted by atomic mass is 35.5. The Kier molecular flexibility index (Phi) is 6.49. The lowest BCUT2D eigenvalue weighted by atomic mass is 10.2. The van der Waals surface area contributed by atoms with E-state index in [0.29, 0.717) is 17.1 Å². The van der Waals surface area contributed by atoms with Gasteiger partial charge in [0.05, 0.1) is 10.5 Å². The summed E-state index contributed by atoms with van der Waals surface area (Å²) < 4.78 is 64.4. The molecule has 1 unspecified atom stereocenters. The Hall–Kier alpha value is -3.14. The van der Waals surface area contributed by atoms with Gasteiger partial charge in [-0.25, -0.2) is 13.9 Å². The molecule has 0 amide bonds. The van der Waals surface area contributed by atoms with E-state index in [1.54, 1.807) is 26.0 Å². The molecule has 0 N–H and O–H groups in total. The summed E-state index contributed by atoms with van der Waals surface area (Å²) in [5, 5.41) is 7.08. The summed E-state index contributed by atoms with van der Waals surface area (Å²) in [5.74, 6) is -2.17. The Balaban J connectivity index is 1.88. The first-order valence-corrected chi connectivity index (χ1v) is 9.36. The van der Waals surface area contributed by atoms with Crippen molar-refractivity contribution in [2.45, 2.75) is 26.1 Å². The summed E-state index contributed by atoms with van der Waals surface area (Å²) in [7, 11) is 0. The zero-order chi connectivity index (χ0) is 22.8. The number of nitrogens with zero attached hydrogens (tertiary/aromatic N) is 3. The van der Waals surface area contributed by atoms with Gasteiger partial charge in [0.25, 0.3) is 0 Å². The van der Waals surface area contributed by atoms with Gasteiger partial charge in [-0.1, -0.05) is 29.0 Å². The molecule has 1 atom stereocenters. The number of carbonyl (C=O) groups excluding carboxylic acids is 1. The number of aromatic nitrogens is 3. The molecule has 0 saturated carbocycles. The standard InChI is InChI=1S/C20H16ClF4N3O3/c1-3-4-7-30-19(29)11(2)28-17-10-12(5-6-16(17)26-27-28)31-13-8-14(21)18(15(22)9-13)20(23,24)25/h3-6,8-11H,7H2,1-2H3. The minimum absolute atomic E-state index is 0.112. The van der Waals surface area contributed by atoms with Gasteiger partial charge in [0.1, 0.15) is 41.0 Å². The largest absolute Gasteiger partial charge is 0.460 e. The minimum atomic E-state index is -4.94. The molecular weight excluding hydrogens is 442 g/mol. The summed E-state index contributed by atoms with van der Waals surface area (Å²) in [6, 6.07) is 5.13. The Morgan fingerprint density at radius 3 is 2.65 bits per heavy atom. The number of alkyl halides is 3. The van der Waals surface area contributed by atoms with E-state index < -0.39 is 34.6 Å². The summed E-state index contributed by atoms with van der Waals surface area (Å²) in [6.07, 6.45) is -1.53. The number of hydrogen-bond acceptors (Lipinski definition) is 5. The summed E-state index contributed by atoms with van der Waals surface area (Å²) in [6.45, 7) is 3.48. The molecule has 0 aliphatic carbocycles. The molecule has 1 heterocycles. The third kappa shape index (κ3) is 4.96. The summed E-state index contributed by atoms with van der Waals surface area (Å²) in [4.78, 5) is 12.2. The van der Waals surface area contributed by atoms with Gasteiger partial charge >= 0.3 is 12.1 Å². The van der Waals surface area contributed by atoms with Crippen LogP contribution < -0.4 is 4.74 Å². The van der Waals surface area contributed by atoms with E-state index in [0.717, 1.165) is 6.07 Å². The minimum Gasteiger partial charge on any atom is -0.460 e. The van der Waals surface area contributed by atoms with Gasteiger partial charge in [-0.3, -0.25) is 0 Å². The Morgan fingerprint density at radius 1 is 1.26 bits per heavy atom. The number of esters is 1. The van der Waals surface area contributed by atoms with Gasteiger partial charge in [0, 0.05) is 18.2 Å². The Labute approximate surface area is 179 Å².